The summed E-state index contributed by atoms with van der Waals surface area (Å²) < 4.78 is 5.52. The zero-order valence-corrected chi connectivity index (χ0v) is 14.0. The van der Waals surface area contributed by atoms with E-state index in [-0.39, 0.29) is 12.3 Å². The van der Waals surface area contributed by atoms with Crippen LogP contribution < -0.4 is 5.32 Å². The van der Waals surface area contributed by atoms with Crippen LogP contribution in [0.3, 0.4) is 0 Å². The second-order valence-corrected chi connectivity index (χ2v) is 6.06. The summed E-state index contributed by atoms with van der Waals surface area (Å²) in [7, 11) is 0. The van der Waals surface area contributed by atoms with Gasteiger partial charge in [0.2, 0.25) is 5.91 Å². The van der Waals surface area contributed by atoms with Crippen molar-refractivity contribution in [3.63, 3.8) is 0 Å². The monoisotopic (exact) mass is 347 g/mol. The van der Waals surface area contributed by atoms with Gasteiger partial charge < -0.3 is 9.73 Å². The molecule has 2 aromatic carbocycles. The highest BCUT2D eigenvalue weighted by molar-refractivity contribution is 6.44. The van der Waals surface area contributed by atoms with Crippen molar-refractivity contribution in [1.29, 1.82) is 0 Å². The van der Waals surface area contributed by atoms with E-state index in [1.54, 1.807) is 24.5 Å². The van der Waals surface area contributed by atoms with Gasteiger partial charge >= 0.3 is 0 Å². The van der Waals surface area contributed by atoms with Crippen molar-refractivity contribution in [3.05, 3.63) is 63.8 Å². The van der Waals surface area contributed by atoms with E-state index in [0.717, 1.165) is 23.0 Å². The first-order valence-electron chi connectivity index (χ1n) is 7.31. The summed E-state index contributed by atoms with van der Waals surface area (Å²) in [5.41, 5.74) is 3.35. The summed E-state index contributed by atoms with van der Waals surface area (Å²) in [5, 5.41) is 4.50. The standard InChI is InChI=1S/C18H15Cl2NO2/c1-2-11-6-7-16-13(8-11)12(10-23-16)9-17(22)21-15-5-3-4-14(19)18(15)20/h3-8,10H,2,9H2,1H3,(H,21,22). The minimum atomic E-state index is -0.168. The first-order valence-corrected chi connectivity index (χ1v) is 8.07. The van der Waals surface area contributed by atoms with E-state index in [4.69, 9.17) is 27.6 Å². The van der Waals surface area contributed by atoms with Crippen molar-refractivity contribution in [1.82, 2.24) is 0 Å². The number of amides is 1. The molecule has 0 atom stereocenters. The van der Waals surface area contributed by atoms with Crippen molar-refractivity contribution >= 4 is 45.8 Å². The van der Waals surface area contributed by atoms with Crippen LogP contribution in [0, 0.1) is 0 Å². The normalized spacial score (nSPS) is 10.9. The van der Waals surface area contributed by atoms with Gasteiger partial charge in [0.15, 0.2) is 0 Å². The largest absolute Gasteiger partial charge is 0.464 e. The van der Waals surface area contributed by atoms with Gasteiger partial charge in [0.05, 0.1) is 28.4 Å². The van der Waals surface area contributed by atoms with Crippen LogP contribution in [0.4, 0.5) is 5.69 Å². The van der Waals surface area contributed by atoms with E-state index in [9.17, 15) is 4.79 Å². The van der Waals surface area contributed by atoms with E-state index < -0.39 is 0 Å². The Balaban J connectivity index is 1.81. The lowest BCUT2D eigenvalue weighted by Crippen LogP contribution is -2.14. The summed E-state index contributed by atoms with van der Waals surface area (Å²) in [6.45, 7) is 2.09. The maximum absolute atomic E-state index is 12.3. The van der Waals surface area contributed by atoms with Crippen LogP contribution in [0.1, 0.15) is 18.1 Å². The molecule has 0 unspecified atom stereocenters. The molecule has 3 rings (SSSR count). The molecule has 3 aromatic rings. The van der Waals surface area contributed by atoms with Gasteiger partial charge in [-0.15, -0.1) is 0 Å². The Morgan fingerprint density at radius 3 is 2.83 bits per heavy atom. The smallest absolute Gasteiger partial charge is 0.228 e. The fourth-order valence-corrected chi connectivity index (χ4v) is 2.80. The van der Waals surface area contributed by atoms with E-state index in [0.29, 0.717) is 15.7 Å². The highest BCUT2D eigenvalue weighted by Gasteiger charge is 2.13. The minimum Gasteiger partial charge on any atom is -0.464 e. The van der Waals surface area contributed by atoms with Crippen molar-refractivity contribution in [3.8, 4) is 0 Å². The summed E-state index contributed by atoms with van der Waals surface area (Å²) in [6.07, 6.45) is 2.77. The number of halogens is 2. The fraction of sp³-hybridized carbons (Fsp3) is 0.167. The Bertz CT molecular complexity index is 871. The third kappa shape index (κ3) is 3.36. The molecular formula is C18H15Cl2NO2. The van der Waals surface area contributed by atoms with Crippen LogP contribution in [0.25, 0.3) is 11.0 Å². The molecule has 0 aliphatic carbocycles. The lowest BCUT2D eigenvalue weighted by molar-refractivity contribution is -0.115. The molecule has 0 fully saturated rings. The number of hydrogen-bond donors (Lipinski definition) is 1. The molecule has 5 heteroatoms. The van der Waals surface area contributed by atoms with Gasteiger partial charge in [0.25, 0.3) is 0 Å². The topological polar surface area (TPSA) is 42.2 Å². The molecule has 1 heterocycles. The zero-order valence-electron chi connectivity index (χ0n) is 12.5. The highest BCUT2D eigenvalue weighted by Crippen LogP contribution is 2.30. The number of hydrogen-bond acceptors (Lipinski definition) is 2. The van der Waals surface area contributed by atoms with Gasteiger partial charge in [-0.25, -0.2) is 0 Å². The number of furan rings is 1. The van der Waals surface area contributed by atoms with Crippen LogP contribution in [0.15, 0.2) is 47.1 Å². The second kappa shape index (κ2) is 6.65. The molecule has 118 valence electrons. The third-order valence-corrected chi connectivity index (χ3v) is 4.52. The van der Waals surface area contributed by atoms with E-state index in [2.05, 4.69) is 18.3 Å². The van der Waals surface area contributed by atoms with E-state index in [1.165, 1.54) is 5.56 Å². The van der Waals surface area contributed by atoms with Crippen LogP contribution in [-0.2, 0) is 17.6 Å². The lowest BCUT2D eigenvalue weighted by atomic mass is 10.1. The van der Waals surface area contributed by atoms with Crippen molar-refractivity contribution in [2.75, 3.05) is 5.32 Å². The van der Waals surface area contributed by atoms with Crippen molar-refractivity contribution < 1.29 is 9.21 Å². The Morgan fingerprint density at radius 1 is 1.22 bits per heavy atom. The number of nitrogens with one attached hydrogen (secondary N) is 1. The maximum atomic E-state index is 12.3. The van der Waals surface area contributed by atoms with Crippen LogP contribution in [0.5, 0.6) is 0 Å². The molecule has 23 heavy (non-hydrogen) atoms. The summed E-state index contributed by atoms with van der Waals surface area (Å²) in [4.78, 5) is 12.3. The second-order valence-electron chi connectivity index (χ2n) is 5.27. The number of anilines is 1. The summed E-state index contributed by atoms with van der Waals surface area (Å²) >= 11 is 12.0. The molecule has 3 nitrogen and oxygen atoms in total. The maximum Gasteiger partial charge on any atom is 0.228 e. The van der Waals surface area contributed by atoms with Gasteiger partial charge in [-0.1, -0.05) is 42.3 Å². The molecule has 1 amide bonds. The van der Waals surface area contributed by atoms with Gasteiger partial charge in [-0.05, 0) is 36.2 Å². The predicted octanol–water partition coefficient (Wildman–Crippen LogP) is 5.48. The predicted molar refractivity (Wildman–Crippen MR) is 94.4 cm³/mol. The molecule has 0 aliphatic rings. The minimum absolute atomic E-state index is 0.168. The summed E-state index contributed by atoms with van der Waals surface area (Å²) in [5.74, 6) is -0.168. The first-order chi connectivity index (χ1) is 11.1. The molecule has 0 radical (unpaired) electrons. The van der Waals surface area contributed by atoms with Crippen molar-refractivity contribution in [2.24, 2.45) is 0 Å². The lowest BCUT2D eigenvalue weighted by Gasteiger charge is -2.07. The zero-order chi connectivity index (χ0) is 16.4. The molecule has 0 bridgehead atoms. The van der Waals surface area contributed by atoms with Gasteiger partial charge in [-0.3, -0.25) is 4.79 Å². The fourth-order valence-electron chi connectivity index (χ4n) is 2.45. The number of fused-ring (bicyclic) bond motifs is 1. The summed E-state index contributed by atoms with van der Waals surface area (Å²) in [6, 6.07) is 11.2. The number of aryl methyl sites for hydroxylation is 1. The molecule has 0 aliphatic heterocycles. The molecule has 0 saturated carbocycles. The van der Waals surface area contributed by atoms with Crippen LogP contribution in [-0.4, -0.2) is 5.91 Å². The third-order valence-electron chi connectivity index (χ3n) is 3.70. The highest BCUT2D eigenvalue weighted by atomic mass is 35.5. The average molecular weight is 348 g/mol. The van der Waals surface area contributed by atoms with E-state index in [1.807, 2.05) is 12.1 Å². The van der Waals surface area contributed by atoms with Crippen molar-refractivity contribution in [2.45, 2.75) is 19.8 Å². The average Bonchev–Trinajstić information content (AvgIpc) is 2.94. The molecule has 1 aromatic heterocycles. The number of carbonyl (C=O) groups is 1. The van der Waals surface area contributed by atoms with Gasteiger partial charge in [0.1, 0.15) is 5.58 Å². The Hall–Kier alpha value is -1.97. The SMILES string of the molecule is CCc1ccc2occ(CC(=O)Nc3cccc(Cl)c3Cl)c2c1. The molecule has 0 spiro atoms. The van der Waals surface area contributed by atoms with Crippen LogP contribution in [0.2, 0.25) is 10.0 Å². The van der Waals surface area contributed by atoms with Gasteiger partial charge in [0, 0.05) is 10.9 Å². The Labute approximate surface area is 144 Å². The number of benzene rings is 2. The molecule has 0 saturated heterocycles. The Kier molecular flexibility index (Phi) is 4.60. The number of rotatable bonds is 4. The quantitative estimate of drug-likeness (QED) is 0.678. The van der Waals surface area contributed by atoms with Gasteiger partial charge in [-0.2, -0.15) is 0 Å². The molecule has 1 N–H and O–H groups in total. The number of carbonyl (C=O) groups excluding carboxylic acids is 1. The Morgan fingerprint density at radius 2 is 2.04 bits per heavy atom. The van der Waals surface area contributed by atoms with Crippen LogP contribution >= 0.6 is 23.2 Å². The first kappa shape index (κ1) is 15.9. The molecular weight excluding hydrogens is 333 g/mol. The van der Waals surface area contributed by atoms with E-state index >= 15 is 0 Å².